The number of aryl methyl sites for hydroxylation is 1. The van der Waals surface area contributed by atoms with E-state index in [1.165, 1.54) is 3.97 Å². The van der Waals surface area contributed by atoms with E-state index in [9.17, 15) is 8.42 Å². The van der Waals surface area contributed by atoms with E-state index in [1.807, 2.05) is 20.2 Å². The first-order valence-electron chi connectivity index (χ1n) is 11.5. The van der Waals surface area contributed by atoms with E-state index in [0.717, 1.165) is 62.2 Å². The highest BCUT2D eigenvalue weighted by Crippen LogP contribution is 2.34. The maximum Gasteiger partial charge on any atom is 0.268 e. The summed E-state index contributed by atoms with van der Waals surface area (Å²) in [4.78, 5) is 6.82. The predicted molar refractivity (Wildman–Crippen MR) is 139 cm³/mol. The zero-order valence-electron chi connectivity index (χ0n) is 20.3. The molecular formula is C25H33ClN4O3S. The van der Waals surface area contributed by atoms with Gasteiger partial charge in [0.2, 0.25) is 0 Å². The molecule has 4 rings (SSSR count). The standard InChI is InChI=1S/C25H33ClN4O3S/c1-27(2)11-5-6-19-18-30(23-9-7-20(26)16-22(19)23)34(31,32)21-8-10-25(33-4)24(17-21)29-14-12-28(3)13-15-29/h7-10,16-18H,5-6,11-15H2,1-4H3. The summed E-state index contributed by atoms with van der Waals surface area (Å²) < 4.78 is 34.7. The zero-order valence-corrected chi connectivity index (χ0v) is 21.9. The van der Waals surface area contributed by atoms with Gasteiger partial charge in [-0.1, -0.05) is 11.6 Å². The van der Waals surface area contributed by atoms with Gasteiger partial charge in [-0.2, -0.15) is 0 Å². The predicted octanol–water partition coefficient (Wildman–Crippen LogP) is 3.79. The summed E-state index contributed by atoms with van der Waals surface area (Å²) in [5, 5.41) is 1.47. The lowest BCUT2D eigenvalue weighted by Gasteiger charge is -2.34. The number of hydrogen-bond acceptors (Lipinski definition) is 6. The van der Waals surface area contributed by atoms with Crippen LogP contribution in [-0.4, -0.2) is 83.2 Å². The number of benzene rings is 2. The Morgan fingerprint density at radius 2 is 1.79 bits per heavy atom. The summed E-state index contributed by atoms with van der Waals surface area (Å²) in [6, 6.07) is 10.5. The van der Waals surface area contributed by atoms with Crippen molar-refractivity contribution in [3.05, 3.63) is 53.2 Å². The maximum atomic E-state index is 13.9. The maximum absolute atomic E-state index is 13.9. The van der Waals surface area contributed by atoms with Crippen LogP contribution in [0.2, 0.25) is 5.02 Å². The Hall–Kier alpha value is -2.26. The highest BCUT2D eigenvalue weighted by Gasteiger charge is 2.25. The molecule has 0 aliphatic carbocycles. The molecule has 1 fully saturated rings. The smallest absolute Gasteiger partial charge is 0.268 e. The van der Waals surface area contributed by atoms with Crippen molar-refractivity contribution >= 4 is 38.2 Å². The van der Waals surface area contributed by atoms with Crippen LogP contribution in [0.3, 0.4) is 0 Å². The lowest BCUT2D eigenvalue weighted by molar-refractivity contribution is 0.311. The molecule has 3 aromatic rings. The van der Waals surface area contributed by atoms with Crippen LogP contribution in [0, 0.1) is 0 Å². The molecule has 7 nitrogen and oxygen atoms in total. The third-order valence-electron chi connectivity index (χ3n) is 6.42. The van der Waals surface area contributed by atoms with Gasteiger partial charge in [-0.15, -0.1) is 0 Å². The van der Waals surface area contributed by atoms with Crippen molar-refractivity contribution in [3.63, 3.8) is 0 Å². The number of likely N-dealkylation sites (N-methyl/N-ethyl adjacent to an activating group) is 1. The van der Waals surface area contributed by atoms with E-state index in [0.29, 0.717) is 16.3 Å². The number of nitrogens with zero attached hydrogens (tertiary/aromatic N) is 4. The van der Waals surface area contributed by atoms with Crippen LogP contribution in [0.25, 0.3) is 10.9 Å². The van der Waals surface area contributed by atoms with Gasteiger partial charge in [0, 0.05) is 42.8 Å². The number of piperazine rings is 1. The fourth-order valence-electron chi connectivity index (χ4n) is 4.46. The SMILES string of the molecule is COc1ccc(S(=O)(=O)n2cc(CCCN(C)C)c3cc(Cl)ccc32)cc1N1CCN(C)CC1. The summed E-state index contributed by atoms with van der Waals surface area (Å²) in [6.45, 7) is 4.39. The molecule has 1 aromatic heterocycles. The second kappa shape index (κ2) is 10.2. The summed E-state index contributed by atoms with van der Waals surface area (Å²) in [5.74, 6) is 0.678. The van der Waals surface area contributed by atoms with E-state index < -0.39 is 10.0 Å². The first-order valence-corrected chi connectivity index (χ1v) is 13.3. The van der Waals surface area contributed by atoms with Gasteiger partial charge in [0.15, 0.2) is 0 Å². The molecule has 0 spiro atoms. The molecule has 0 N–H and O–H groups in total. The van der Waals surface area contributed by atoms with E-state index >= 15 is 0 Å². The van der Waals surface area contributed by atoms with Crippen LogP contribution in [-0.2, 0) is 16.4 Å². The Labute approximate surface area is 207 Å². The van der Waals surface area contributed by atoms with Crippen molar-refractivity contribution in [2.75, 3.05) is 65.9 Å². The minimum absolute atomic E-state index is 0.244. The number of halogens is 1. The lowest BCUT2D eigenvalue weighted by atomic mass is 10.1. The minimum Gasteiger partial charge on any atom is -0.495 e. The first kappa shape index (κ1) is 24.9. The molecule has 1 aliphatic rings. The molecule has 0 radical (unpaired) electrons. The number of aromatic nitrogens is 1. The molecular weight excluding hydrogens is 472 g/mol. The van der Waals surface area contributed by atoms with Gasteiger partial charge in [-0.25, -0.2) is 12.4 Å². The van der Waals surface area contributed by atoms with E-state index in [-0.39, 0.29) is 4.90 Å². The quantitative estimate of drug-likeness (QED) is 0.465. The number of methoxy groups -OCH3 is 1. The molecule has 0 atom stereocenters. The van der Waals surface area contributed by atoms with Gasteiger partial charge in [0.25, 0.3) is 10.0 Å². The first-order chi connectivity index (χ1) is 16.2. The Balaban J connectivity index is 1.76. The van der Waals surface area contributed by atoms with Crippen LogP contribution < -0.4 is 9.64 Å². The number of anilines is 1. The molecule has 2 heterocycles. The molecule has 1 saturated heterocycles. The minimum atomic E-state index is -3.83. The van der Waals surface area contributed by atoms with Gasteiger partial charge in [-0.05, 0) is 82.5 Å². The Morgan fingerprint density at radius 3 is 2.47 bits per heavy atom. The molecule has 9 heteroatoms. The summed E-state index contributed by atoms with van der Waals surface area (Å²) in [6.07, 6.45) is 3.45. The monoisotopic (exact) mass is 504 g/mol. The zero-order chi connectivity index (χ0) is 24.5. The number of rotatable bonds is 8. The second-order valence-corrected chi connectivity index (χ2v) is 11.4. The molecule has 34 heavy (non-hydrogen) atoms. The van der Waals surface area contributed by atoms with Crippen molar-refractivity contribution in [1.29, 1.82) is 0 Å². The molecule has 0 bridgehead atoms. The van der Waals surface area contributed by atoms with E-state index in [2.05, 4.69) is 21.7 Å². The number of hydrogen-bond donors (Lipinski definition) is 0. The normalized spacial score (nSPS) is 15.4. The van der Waals surface area contributed by atoms with E-state index in [1.54, 1.807) is 43.6 Å². The Kier molecular flexibility index (Phi) is 7.42. The fourth-order valence-corrected chi connectivity index (χ4v) is 6.04. The van der Waals surface area contributed by atoms with Crippen LogP contribution in [0.1, 0.15) is 12.0 Å². The van der Waals surface area contributed by atoms with Crippen LogP contribution in [0.15, 0.2) is 47.5 Å². The highest BCUT2D eigenvalue weighted by atomic mass is 35.5. The second-order valence-electron chi connectivity index (χ2n) is 9.15. The van der Waals surface area contributed by atoms with Crippen molar-refractivity contribution < 1.29 is 13.2 Å². The van der Waals surface area contributed by atoms with Gasteiger partial charge in [0.1, 0.15) is 5.75 Å². The Bertz CT molecular complexity index is 1260. The molecule has 0 unspecified atom stereocenters. The van der Waals surface area contributed by atoms with Crippen LogP contribution >= 0.6 is 11.6 Å². The van der Waals surface area contributed by atoms with Crippen molar-refractivity contribution in [1.82, 2.24) is 13.8 Å². The largest absolute Gasteiger partial charge is 0.495 e. The van der Waals surface area contributed by atoms with E-state index in [4.69, 9.17) is 16.3 Å². The van der Waals surface area contributed by atoms with Crippen molar-refractivity contribution in [2.24, 2.45) is 0 Å². The van der Waals surface area contributed by atoms with Crippen LogP contribution in [0.4, 0.5) is 5.69 Å². The van der Waals surface area contributed by atoms with Crippen LogP contribution in [0.5, 0.6) is 5.75 Å². The highest BCUT2D eigenvalue weighted by molar-refractivity contribution is 7.90. The average molecular weight is 505 g/mol. The number of fused-ring (bicyclic) bond motifs is 1. The van der Waals surface area contributed by atoms with Gasteiger partial charge in [-0.3, -0.25) is 0 Å². The molecule has 0 amide bonds. The topological polar surface area (TPSA) is 58.0 Å². The lowest BCUT2D eigenvalue weighted by Crippen LogP contribution is -2.44. The average Bonchev–Trinajstić information content (AvgIpc) is 3.17. The molecule has 1 aliphatic heterocycles. The molecule has 0 saturated carbocycles. The van der Waals surface area contributed by atoms with Gasteiger partial charge < -0.3 is 19.4 Å². The summed E-state index contributed by atoms with van der Waals surface area (Å²) in [5.41, 5.74) is 2.43. The molecule has 2 aromatic carbocycles. The Morgan fingerprint density at radius 1 is 1.06 bits per heavy atom. The van der Waals surface area contributed by atoms with Gasteiger partial charge >= 0.3 is 0 Å². The van der Waals surface area contributed by atoms with Crippen molar-refractivity contribution in [3.8, 4) is 5.75 Å². The third kappa shape index (κ3) is 5.05. The number of ether oxygens (including phenoxy) is 1. The third-order valence-corrected chi connectivity index (χ3v) is 8.32. The van der Waals surface area contributed by atoms with Gasteiger partial charge in [0.05, 0.1) is 23.2 Å². The summed E-state index contributed by atoms with van der Waals surface area (Å²) >= 11 is 6.28. The summed E-state index contributed by atoms with van der Waals surface area (Å²) in [7, 11) is 3.95. The van der Waals surface area contributed by atoms with Crippen molar-refractivity contribution in [2.45, 2.75) is 17.7 Å². The molecule has 184 valence electrons. The fraction of sp³-hybridized carbons (Fsp3) is 0.440.